The van der Waals surface area contributed by atoms with Crippen molar-refractivity contribution in [1.29, 1.82) is 0 Å². The number of fused-ring (bicyclic) bond motifs is 1. The van der Waals surface area contributed by atoms with Gasteiger partial charge in [0.25, 0.3) is 0 Å². The van der Waals surface area contributed by atoms with Crippen LogP contribution in [0.15, 0.2) is 54.9 Å². The molecule has 1 heterocycles. The van der Waals surface area contributed by atoms with Crippen LogP contribution in [0.1, 0.15) is 17.2 Å². The van der Waals surface area contributed by atoms with Crippen molar-refractivity contribution in [2.75, 3.05) is 7.05 Å². The van der Waals surface area contributed by atoms with Crippen molar-refractivity contribution in [3.63, 3.8) is 0 Å². The smallest absolute Gasteiger partial charge is 0.0604 e. The van der Waals surface area contributed by atoms with E-state index in [0.717, 1.165) is 6.54 Å². The second-order valence-electron chi connectivity index (χ2n) is 5.19. The summed E-state index contributed by atoms with van der Waals surface area (Å²) in [5.74, 6) is 0. The van der Waals surface area contributed by atoms with E-state index in [-0.39, 0.29) is 6.04 Å². The second kappa shape index (κ2) is 5.47. The monoisotopic (exact) mass is 265 g/mol. The Bertz CT molecular complexity index is 715. The summed E-state index contributed by atoms with van der Waals surface area (Å²) in [7, 11) is 2.00. The minimum atomic E-state index is 0.263. The van der Waals surface area contributed by atoms with E-state index in [9.17, 15) is 0 Å². The lowest BCUT2D eigenvalue weighted by Crippen LogP contribution is -2.22. The standard InChI is InChI=1S/C17H19N3/c1-13-10-19-20(11-13)12-17(18-2)16-8-7-14-5-3-4-6-15(14)9-16/h3-11,17-18H,12H2,1-2H3. The van der Waals surface area contributed by atoms with Gasteiger partial charge in [0.05, 0.1) is 18.8 Å². The Kier molecular flexibility index (Phi) is 3.52. The van der Waals surface area contributed by atoms with Crippen LogP contribution in [0.4, 0.5) is 0 Å². The van der Waals surface area contributed by atoms with Gasteiger partial charge >= 0.3 is 0 Å². The van der Waals surface area contributed by atoms with Crippen LogP contribution in [0.2, 0.25) is 0 Å². The Hall–Kier alpha value is -2.13. The van der Waals surface area contributed by atoms with Crippen LogP contribution in [-0.2, 0) is 6.54 Å². The van der Waals surface area contributed by atoms with Crippen LogP contribution in [-0.4, -0.2) is 16.8 Å². The van der Waals surface area contributed by atoms with Gasteiger partial charge in [-0.15, -0.1) is 0 Å². The Balaban J connectivity index is 1.90. The molecule has 0 aliphatic rings. The number of aromatic nitrogens is 2. The molecule has 2 aromatic carbocycles. The molecule has 20 heavy (non-hydrogen) atoms. The molecule has 3 aromatic rings. The molecule has 0 bridgehead atoms. The van der Waals surface area contributed by atoms with E-state index in [4.69, 9.17) is 0 Å². The fourth-order valence-corrected chi connectivity index (χ4v) is 2.54. The number of hydrogen-bond acceptors (Lipinski definition) is 2. The number of hydrogen-bond donors (Lipinski definition) is 1. The molecule has 1 unspecified atom stereocenters. The Morgan fingerprint density at radius 1 is 1.15 bits per heavy atom. The Labute approximate surface area is 119 Å². The van der Waals surface area contributed by atoms with Gasteiger partial charge in [-0.25, -0.2) is 0 Å². The first-order valence-electron chi connectivity index (χ1n) is 6.91. The third kappa shape index (κ3) is 2.58. The highest BCUT2D eigenvalue weighted by Gasteiger charge is 2.11. The third-order valence-corrected chi connectivity index (χ3v) is 3.66. The molecule has 0 amide bonds. The zero-order chi connectivity index (χ0) is 13.9. The minimum Gasteiger partial charge on any atom is -0.311 e. The fraction of sp³-hybridized carbons (Fsp3) is 0.235. The number of nitrogens with zero attached hydrogens (tertiary/aromatic N) is 2. The van der Waals surface area contributed by atoms with Gasteiger partial charge in [0.1, 0.15) is 0 Å². The van der Waals surface area contributed by atoms with Crippen LogP contribution >= 0.6 is 0 Å². The minimum absolute atomic E-state index is 0.263. The summed E-state index contributed by atoms with van der Waals surface area (Å²) in [6, 6.07) is 15.4. The van der Waals surface area contributed by atoms with E-state index >= 15 is 0 Å². The average molecular weight is 265 g/mol. The first kappa shape index (κ1) is 12.9. The van der Waals surface area contributed by atoms with Crippen molar-refractivity contribution < 1.29 is 0 Å². The SMILES string of the molecule is CNC(Cn1cc(C)cn1)c1ccc2ccccc2c1. The van der Waals surface area contributed by atoms with Crippen LogP contribution in [0, 0.1) is 6.92 Å². The molecule has 3 nitrogen and oxygen atoms in total. The van der Waals surface area contributed by atoms with Crippen LogP contribution in [0.3, 0.4) is 0 Å². The lowest BCUT2D eigenvalue weighted by molar-refractivity contribution is 0.468. The molecule has 0 saturated carbocycles. The highest BCUT2D eigenvalue weighted by atomic mass is 15.3. The van der Waals surface area contributed by atoms with Crippen LogP contribution < -0.4 is 5.32 Å². The zero-order valence-electron chi connectivity index (χ0n) is 11.9. The quantitative estimate of drug-likeness (QED) is 0.784. The molecule has 0 aliphatic heterocycles. The normalized spacial score (nSPS) is 12.7. The number of nitrogens with one attached hydrogen (secondary N) is 1. The van der Waals surface area contributed by atoms with Gasteiger partial charge in [-0.3, -0.25) is 4.68 Å². The summed E-state index contributed by atoms with van der Waals surface area (Å²) in [4.78, 5) is 0. The van der Waals surface area contributed by atoms with Crippen molar-refractivity contribution in [3.05, 3.63) is 66.0 Å². The van der Waals surface area contributed by atoms with E-state index in [0.29, 0.717) is 0 Å². The highest BCUT2D eigenvalue weighted by molar-refractivity contribution is 5.83. The van der Waals surface area contributed by atoms with E-state index < -0.39 is 0 Å². The molecule has 1 atom stereocenters. The number of aryl methyl sites for hydroxylation is 1. The van der Waals surface area contributed by atoms with E-state index in [1.54, 1.807) is 0 Å². The van der Waals surface area contributed by atoms with Gasteiger partial charge in [0, 0.05) is 6.20 Å². The molecule has 0 radical (unpaired) electrons. The van der Waals surface area contributed by atoms with Gasteiger partial charge in [-0.05, 0) is 41.9 Å². The van der Waals surface area contributed by atoms with Gasteiger partial charge in [0.2, 0.25) is 0 Å². The highest BCUT2D eigenvalue weighted by Crippen LogP contribution is 2.21. The number of likely N-dealkylation sites (N-methyl/N-ethyl adjacent to an activating group) is 1. The van der Waals surface area contributed by atoms with E-state index in [2.05, 4.69) is 66.0 Å². The summed E-state index contributed by atoms with van der Waals surface area (Å²) in [6.45, 7) is 2.90. The van der Waals surface area contributed by atoms with Gasteiger partial charge < -0.3 is 5.32 Å². The van der Waals surface area contributed by atoms with Crippen molar-refractivity contribution in [3.8, 4) is 0 Å². The van der Waals surface area contributed by atoms with Crippen LogP contribution in [0.25, 0.3) is 10.8 Å². The largest absolute Gasteiger partial charge is 0.311 e. The van der Waals surface area contributed by atoms with E-state index in [1.807, 2.05) is 17.9 Å². The maximum Gasteiger partial charge on any atom is 0.0604 e. The maximum atomic E-state index is 4.37. The van der Waals surface area contributed by atoms with Gasteiger partial charge in [0.15, 0.2) is 0 Å². The van der Waals surface area contributed by atoms with Gasteiger partial charge in [-0.1, -0.05) is 36.4 Å². The molecule has 3 heteroatoms. The Morgan fingerprint density at radius 2 is 1.95 bits per heavy atom. The maximum absolute atomic E-state index is 4.37. The molecule has 0 spiro atoms. The summed E-state index contributed by atoms with van der Waals surface area (Å²) in [5.41, 5.74) is 2.48. The zero-order valence-corrected chi connectivity index (χ0v) is 11.9. The van der Waals surface area contributed by atoms with Crippen molar-refractivity contribution >= 4 is 10.8 Å². The van der Waals surface area contributed by atoms with Crippen molar-refractivity contribution in [2.45, 2.75) is 19.5 Å². The first-order chi connectivity index (χ1) is 9.76. The predicted molar refractivity (Wildman–Crippen MR) is 82.7 cm³/mol. The van der Waals surface area contributed by atoms with Crippen LogP contribution in [0.5, 0.6) is 0 Å². The molecule has 102 valence electrons. The fourth-order valence-electron chi connectivity index (χ4n) is 2.54. The topological polar surface area (TPSA) is 29.9 Å². The van der Waals surface area contributed by atoms with E-state index in [1.165, 1.54) is 21.9 Å². The summed E-state index contributed by atoms with van der Waals surface area (Å²) in [6.07, 6.45) is 3.97. The molecular weight excluding hydrogens is 246 g/mol. The molecular formula is C17H19N3. The van der Waals surface area contributed by atoms with Gasteiger partial charge in [-0.2, -0.15) is 5.10 Å². The molecule has 1 N–H and O–H groups in total. The molecule has 0 aliphatic carbocycles. The van der Waals surface area contributed by atoms with Crippen molar-refractivity contribution in [2.24, 2.45) is 0 Å². The lowest BCUT2D eigenvalue weighted by Gasteiger charge is -2.17. The molecule has 3 rings (SSSR count). The first-order valence-corrected chi connectivity index (χ1v) is 6.91. The Morgan fingerprint density at radius 3 is 2.65 bits per heavy atom. The third-order valence-electron chi connectivity index (χ3n) is 3.66. The van der Waals surface area contributed by atoms with Crippen molar-refractivity contribution in [1.82, 2.24) is 15.1 Å². The number of benzene rings is 2. The molecule has 0 saturated heterocycles. The summed E-state index contributed by atoms with van der Waals surface area (Å²) >= 11 is 0. The predicted octanol–water partition coefficient (Wildman–Crippen LogP) is 3.31. The number of rotatable bonds is 4. The second-order valence-corrected chi connectivity index (χ2v) is 5.19. The summed E-state index contributed by atoms with van der Waals surface area (Å²) in [5, 5.41) is 10.3. The summed E-state index contributed by atoms with van der Waals surface area (Å²) < 4.78 is 1.99. The molecule has 1 aromatic heterocycles. The lowest BCUT2D eigenvalue weighted by atomic mass is 10.0. The molecule has 0 fully saturated rings. The average Bonchev–Trinajstić information content (AvgIpc) is 2.89.